The average Bonchev–Trinajstić information content (AvgIpc) is 2.78. The summed E-state index contributed by atoms with van der Waals surface area (Å²) in [5, 5.41) is 6.28. The Bertz CT molecular complexity index is 958. The molecule has 3 aromatic rings. The molecule has 2 N–H and O–H groups in total. The minimum atomic E-state index is -0.847. The molecule has 0 atom stereocenters. The third-order valence-corrected chi connectivity index (χ3v) is 3.87. The fourth-order valence-electron chi connectivity index (χ4n) is 2.36. The van der Waals surface area contributed by atoms with Gasteiger partial charge in [0.1, 0.15) is 12.4 Å². The molecule has 2 aromatic carbocycles. The van der Waals surface area contributed by atoms with E-state index in [9.17, 15) is 9.59 Å². The zero-order valence-electron chi connectivity index (χ0n) is 15.6. The molecule has 1 heterocycles. The van der Waals surface area contributed by atoms with E-state index < -0.39 is 11.8 Å². The summed E-state index contributed by atoms with van der Waals surface area (Å²) in [6, 6.07) is 22.4. The highest BCUT2D eigenvalue weighted by Crippen LogP contribution is 2.13. The van der Waals surface area contributed by atoms with Crippen molar-refractivity contribution in [2.24, 2.45) is 5.10 Å². The number of aromatic nitrogens is 1. The number of nitrogens with one attached hydrogen (secondary N) is 2. The fourth-order valence-corrected chi connectivity index (χ4v) is 2.36. The van der Waals surface area contributed by atoms with E-state index in [2.05, 4.69) is 20.8 Å². The number of pyridine rings is 1. The molecular weight excluding hydrogens is 368 g/mol. The quantitative estimate of drug-likeness (QED) is 0.369. The zero-order chi connectivity index (χ0) is 20.3. The third kappa shape index (κ3) is 6.59. The lowest BCUT2D eigenvalue weighted by atomic mass is 10.2. The van der Waals surface area contributed by atoms with E-state index in [4.69, 9.17) is 4.74 Å². The van der Waals surface area contributed by atoms with Crippen molar-refractivity contribution >= 4 is 18.0 Å². The van der Waals surface area contributed by atoms with Crippen LogP contribution in [-0.2, 0) is 22.7 Å². The molecule has 0 bridgehead atoms. The molecule has 1 aromatic heterocycles. The van der Waals surface area contributed by atoms with Crippen molar-refractivity contribution in [2.45, 2.75) is 13.2 Å². The van der Waals surface area contributed by atoms with Crippen LogP contribution in [0.25, 0.3) is 0 Å². The first-order valence-electron chi connectivity index (χ1n) is 8.98. The molecule has 29 heavy (non-hydrogen) atoms. The van der Waals surface area contributed by atoms with Gasteiger partial charge in [-0.2, -0.15) is 5.10 Å². The first kappa shape index (κ1) is 19.8. The summed E-state index contributed by atoms with van der Waals surface area (Å²) in [7, 11) is 0. The van der Waals surface area contributed by atoms with Crippen molar-refractivity contribution in [3.8, 4) is 5.75 Å². The number of hydrogen-bond acceptors (Lipinski definition) is 5. The van der Waals surface area contributed by atoms with Gasteiger partial charge in [-0.3, -0.25) is 14.6 Å². The van der Waals surface area contributed by atoms with Gasteiger partial charge in [-0.25, -0.2) is 5.43 Å². The maximum atomic E-state index is 11.8. The molecule has 0 spiro atoms. The number of hydrazone groups is 1. The maximum absolute atomic E-state index is 11.8. The summed E-state index contributed by atoms with van der Waals surface area (Å²) >= 11 is 0. The summed E-state index contributed by atoms with van der Waals surface area (Å²) in [6.07, 6.45) is 3.06. The van der Waals surface area contributed by atoms with Crippen LogP contribution in [0.5, 0.6) is 5.75 Å². The van der Waals surface area contributed by atoms with Gasteiger partial charge in [-0.05, 0) is 47.5 Å². The van der Waals surface area contributed by atoms with E-state index in [0.717, 1.165) is 16.9 Å². The first-order valence-corrected chi connectivity index (χ1v) is 8.98. The first-order chi connectivity index (χ1) is 14.2. The Morgan fingerprint density at radius 3 is 2.41 bits per heavy atom. The molecule has 0 saturated carbocycles. The van der Waals surface area contributed by atoms with Crippen molar-refractivity contribution < 1.29 is 14.3 Å². The van der Waals surface area contributed by atoms with Crippen LogP contribution < -0.4 is 15.5 Å². The number of ether oxygens (including phenoxy) is 1. The van der Waals surface area contributed by atoms with Gasteiger partial charge in [0.05, 0.1) is 18.5 Å². The van der Waals surface area contributed by atoms with Crippen LogP contribution >= 0.6 is 0 Å². The molecule has 0 aliphatic carbocycles. The Morgan fingerprint density at radius 2 is 1.69 bits per heavy atom. The van der Waals surface area contributed by atoms with Crippen LogP contribution in [0.4, 0.5) is 0 Å². The van der Waals surface area contributed by atoms with Crippen LogP contribution in [0.1, 0.15) is 16.8 Å². The minimum absolute atomic E-state index is 0.168. The van der Waals surface area contributed by atoms with Gasteiger partial charge in [0, 0.05) is 6.20 Å². The molecule has 7 heteroatoms. The highest BCUT2D eigenvalue weighted by Gasteiger charge is 2.11. The third-order valence-electron chi connectivity index (χ3n) is 3.87. The van der Waals surface area contributed by atoms with Crippen LogP contribution in [-0.4, -0.2) is 23.0 Å². The Kier molecular flexibility index (Phi) is 7.06. The summed E-state index contributed by atoms with van der Waals surface area (Å²) < 4.78 is 5.71. The van der Waals surface area contributed by atoms with Crippen molar-refractivity contribution in [1.82, 2.24) is 15.7 Å². The van der Waals surface area contributed by atoms with Gasteiger partial charge in [-0.15, -0.1) is 0 Å². The van der Waals surface area contributed by atoms with E-state index in [1.165, 1.54) is 6.21 Å². The smallest absolute Gasteiger partial charge is 0.329 e. The standard InChI is InChI=1S/C22H20N4O3/c27-21(24-15-19-8-4-5-13-23-19)22(28)26-25-14-17-9-11-20(12-10-17)29-16-18-6-2-1-3-7-18/h1-14H,15-16H2,(H,24,27)(H,26,28)/b25-14-. The van der Waals surface area contributed by atoms with Gasteiger partial charge in [-0.1, -0.05) is 36.4 Å². The largest absolute Gasteiger partial charge is 0.489 e. The van der Waals surface area contributed by atoms with Crippen molar-refractivity contribution in [3.63, 3.8) is 0 Å². The van der Waals surface area contributed by atoms with Crippen molar-refractivity contribution in [2.75, 3.05) is 0 Å². The lowest BCUT2D eigenvalue weighted by molar-refractivity contribution is -0.139. The van der Waals surface area contributed by atoms with E-state index in [1.54, 1.807) is 36.5 Å². The number of hydrogen-bond donors (Lipinski definition) is 2. The van der Waals surface area contributed by atoms with Crippen molar-refractivity contribution in [3.05, 3.63) is 95.8 Å². The van der Waals surface area contributed by atoms with E-state index in [1.807, 2.05) is 42.5 Å². The molecule has 0 unspecified atom stereocenters. The zero-order valence-corrected chi connectivity index (χ0v) is 15.6. The summed E-state index contributed by atoms with van der Waals surface area (Å²) in [5.41, 5.74) is 4.70. The van der Waals surface area contributed by atoms with E-state index >= 15 is 0 Å². The fraction of sp³-hybridized carbons (Fsp3) is 0.0909. The molecule has 0 aliphatic heterocycles. The average molecular weight is 388 g/mol. The second-order valence-corrected chi connectivity index (χ2v) is 6.05. The Morgan fingerprint density at radius 1 is 0.931 bits per heavy atom. The molecule has 7 nitrogen and oxygen atoms in total. The van der Waals surface area contributed by atoms with Gasteiger partial charge in [0.25, 0.3) is 0 Å². The molecule has 146 valence electrons. The topological polar surface area (TPSA) is 92.7 Å². The Balaban J connectivity index is 1.42. The normalized spacial score (nSPS) is 10.5. The van der Waals surface area contributed by atoms with E-state index in [0.29, 0.717) is 12.3 Å². The second-order valence-electron chi connectivity index (χ2n) is 6.05. The van der Waals surface area contributed by atoms with Gasteiger partial charge in [0.15, 0.2) is 0 Å². The van der Waals surface area contributed by atoms with Gasteiger partial charge >= 0.3 is 11.8 Å². The maximum Gasteiger partial charge on any atom is 0.329 e. The molecule has 0 saturated heterocycles. The SMILES string of the molecule is O=C(NCc1ccccn1)C(=O)N/N=C\c1ccc(OCc2ccccc2)cc1. The van der Waals surface area contributed by atoms with Gasteiger partial charge < -0.3 is 10.1 Å². The number of nitrogens with zero attached hydrogens (tertiary/aromatic N) is 2. The number of rotatable bonds is 7. The van der Waals surface area contributed by atoms with Crippen LogP contribution in [0.3, 0.4) is 0 Å². The molecule has 0 fully saturated rings. The van der Waals surface area contributed by atoms with Crippen LogP contribution in [0.15, 0.2) is 84.1 Å². The van der Waals surface area contributed by atoms with Crippen LogP contribution in [0, 0.1) is 0 Å². The van der Waals surface area contributed by atoms with Crippen LogP contribution in [0.2, 0.25) is 0 Å². The predicted octanol–water partition coefficient (Wildman–Crippen LogP) is 2.43. The Hall–Kier alpha value is -4.00. The van der Waals surface area contributed by atoms with Crippen molar-refractivity contribution in [1.29, 1.82) is 0 Å². The molecule has 0 radical (unpaired) electrons. The highest BCUT2D eigenvalue weighted by molar-refractivity contribution is 6.35. The summed E-state index contributed by atoms with van der Waals surface area (Å²) in [5.74, 6) is -0.901. The molecule has 0 aliphatic rings. The Labute approximate surface area is 168 Å². The second kappa shape index (κ2) is 10.4. The molecule has 3 rings (SSSR count). The predicted molar refractivity (Wildman–Crippen MR) is 109 cm³/mol. The lowest BCUT2D eigenvalue weighted by Crippen LogP contribution is -2.37. The number of carbonyl (C=O) groups is 2. The number of carbonyl (C=O) groups excluding carboxylic acids is 2. The monoisotopic (exact) mass is 388 g/mol. The summed E-state index contributed by atoms with van der Waals surface area (Å²) in [6.45, 7) is 0.652. The minimum Gasteiger partial charge on any atom is -0.489 e. The summed E-state index contributed by atoms with van der Waals surface area (Å²) in [4.78, 5) is 27.6. The highest BCUT2D eigenvalue weighted by atomic mass is 16.5. The lowest BCUT2D eigenvalue weighted by Gasteiger charge is -2.06. The number of amides is 2. The molecule has 2 amide bonds. The molecular formula is C22H20N4O3. The number of benzene rings is 2. The van der Waals surface area contributed by atoms with Gasteiger partial charge in [0.2, 0.25) is 0 Å². The van der Waals surface area contributed by atoms with E-state index in [-0.39, 0.29) is 6.54 Å².